The number of rotatable bonds is 16. The Hall–Kier alpha value is -1.53. The molecule has 0 heterocycles. The second kappa shape index (κ2) is 14.5. The van der Waals surface area contributed by atoms with Crippen molar-refractivity contribution in [1.82, 2.24) is 0 Å². The number of fused-ring (bicyclic) bond motifs is 1. The van der Waals surface area contributed by atoms with Gasteiger partial charge in [0.1, 0.15) is 24.7 Å². The highest BCUT2D eigenvalue weighted by molar-refractivity contribution is 6.17. The number of nitrogens with two attached hydrogens (primary N) is 1. The summed E-state index contributed by atoms with van der Waals surface area (Å²) in [5.74, 6) is 2.39. The highest BCUT2D eigenvalue weighted by Crippen LogP contribution is 2.29. The molecule has 156 valence electrons. The molecule has 0 aromatic heterocycles. The van der Waals surface area contributed by atoms with Crippen molar-refractivity contribution in [3.63, 3.8) is 0 Å². The summed E-state index contributed by atoms with van der Waals surface area (Å²) in [6.07, 6.45) is 5.83. The van der Waals surface area contributed by atoms with E-state index in [2.05, 4.69) is 6.07 Å². The highest BCUT2D eigenvalue weighted by Gasteiger charge is 2.04. The molecule has 0 amide bonds. The topological polar surface area (TPSA) is 62.9 Å². The fourth-order valence-corrected chi connectivity index (χ4v) is 3.07. The lowest BCUT2D eigenvalue weighted by atomic mass is 10.1. The van der Waals surface area contributed by atoms with Gasteiger partial charge in [0.05, 0.1) is 19.9 Å². The average molecular weight is 410 g/mol. The van der Waals surface area contributed by atoms with Crippen LogP contribution in [0.2, 0.25) is 0 Å². The number of unbranched alkanes of at least 4 members (excludes halogenated alkanes) is 4. The fraction of sp³-hybridized carbons (Fsp3) is 0.545. The minimum atomic E-state index is 0.201. The van der Waals surface area contributed by atoms with Crippen LogP contribution in [0.15, 0.2) is 36.4 Å². The third-order valence-corrected chi connectivity index (χ3v) is 4.60. The first-order valence-electron chi connectivity index (χ1n) is 10.0. The van der Waals surface area contributed by atoms with E-state index in [0.717, 1.165) is 47.6 Å². The first-order chi connectivity index (χ1) is 13.8. The van der Waals surface area contributed by atoms with E-state index in [9.17, 15) is 0 Å². The number of hydrogen-bond donors (Lipinski definition) is 1. The van der Waals surface area contributed by atoms with Crippen LogP contribution in [0.25, 0.3) is 10.8 Å². The minimum absolute atomic E-state index is 0.201. The molecule has 0 aliphatic heterocycles. The average Bonchev–Trinajstić information content (AvgIpc) is 2.72. The minimum Gasteiger partial charge on any atom is -0.491 e. The van der Waals surface area contributed by atoms with Crippen LogP contribution in [0.1, 0.15) is 32.1 Å². The van der Waals surface area contributed by atoms with Gasteiger partial charge in [-0.3, -0.25) is 0 Å². The van der Waals surface area contributed by atoms with E-state index in [-0.39, 0.29) is 6.73 Å². The van der Waals surface area contributed by atoms with Crippen molar-refractivity contribution in [3.05, 3.63) is 36.4 Å². The van der Waals surface area contributed by atoms with Crippen molar-refractivity contribution in [2.45, 2.75) is 32.1 Å². The fourth-order valence-electron chi connectivity index (χ4n) is 2.88. The number of benzene rings is 2. The lowest BCUT2D eigenvalue weighted by Gasteiger charge is -2.12. The molecular formula is C22H32ClNO4. The van der Waals surface area contributed by atoms with Crippen LogP contribution >= 0.6 is 11.6 Å². The first-order valence-corrected chi connectivity index (χ1v) is 10.6. The SMILES string of the molecule is NCOCCOc1cccc2ccc(OCCOCCCCCCCCl)cc12. The normalized spacial score (nSPS) is 11.1. The van der Waals surface area contributed by atoms with Crippen molar-refractivity contribution in [2.75, 3.05) is 45.6 Å². The lowest BCUT2D eigenvalue weighted by Crippen LogP contribution is -2.11. The lowest BCUT2D eigenvalue weighted by molar-refractivity contribution is 0.0971. The second-order valence-electron chi connectivity index (χ2n) is 6.48. The summed E-state index contributed by atoms with van der Waals surface area (Å²) in [5.41, 5.74) is 5.32. The van der Waals surface area contributed by atoms with E-state index >= 15 is 0 Å². The molecule has 6 heteroatoms. The standard InChI is InChI=1S/C22H32ClNO4/c23-11-4-2-1-3-5-12-25-13-15-27-20-10-9-19-7-6-8-22(21(19)17-20)28-16-14-26-18-24/h6-10,17H,1-5,11-16,18,24H2. The predicted octanol–water partition coefficient (Wildman–Crippen LogP) is 4.74. The van der Waals surface area contributed by atoms with E-state index in [4.69, 9.17) is 36.3 Å². The summed E-state index contributed by atoms with van der Waals surface area (Å²) in [4.78, 5) is 0. The smallest absolute Gasteiger partial charge is 0.127 e. The van der Waals surface area contributed by atoms with Crippen LogP contribution in [-0.2, 0) is 9.47 Å². The zero-order chi connectivity index (χ0) is 19.9. The Balaban J connectivity index is 1.71. The van der Waals surface area contributed by atoms with E-state index in [0.29, 0.717) is 26.4 Å². The van der Waals surface area contributed by atoms with Crippen LogP contribution in [0, 0.1) is 0 Å². The van der Waals surface area contributed by atoms with E-state index < -0.39 is 0 Å². The Kier molecular flexibility index (Phi) is 11.8. The molecule has 0 radical (unpaired) electrons. The van der Waals surface area contributed by atoms with E-state index in [1.54, 1.807) is 0 Å². The molecular weight excluding hydrogens is 378 g/mol. The van der Waals surface area contributed by atoms with Crippen molar-refractivity contribution < 1.29 is 18.9 Å². The van der Waals surface area contributed by atoms with Crippen LogP contribution in [0.4, 0.5) is 0 Å². The monoisotopic (exact) mass is 409 g/mol. The van der Waals surface area contributed by atoms with Gasteiger partial charge < -0.3 is 24.7 Å². The third kappa shape index (κ3) is 8.65. The highest BCUT2D eigenvalue weighted by atomic mass is 35.5. The van der Waals surface area contributed by atoms with Crippen LogP contribution in [-0.4, -0.2) is 45.6 Å². The Bertz CT molecular complexity index is 668. The predicted molar refractivity (Wildman–Crippen MR) is 115 cm³/mol. The maximum Gasteiger partial charge on any atom is 0.127 e. The molecule has 2 N–H and O–H groups in total. The number of ether oxygens (including phenoxy) is 4. The van der Waals surface area contributed by atoms with Crippen molar-refractivity contribution in [1.29, 1.82) is 0 Å². The van der Waals surface area contributed by atoms with Crippen LogP contribution in [0.3, 0.4) is 0 Å². The maximum absolute atomic E-state index is 5.84. The van der Waals surface area contributed by atoms with E-state index in [1.807, 2.05) is 30.3 Å². The molecule has 0 saturated carbocycles. The number of halogens is 1. The molecule has 2 aromatic carbocycles. The second-order valence-corrected chi connectivity index (χ2v) is 6.86. The van der Waals surface area contributed by atoms with Crippen molar-refractivity contribution in [3.8, 4) is 11.5 Å². The van der Waals surface area contributed by atoms with Gasteiger partial charge in [-0.1, -0.05) is 37.5 Å². The quantitative estimate of drug-likeness (QED) is 0.246. The number of alkyl halides is 1. The van der Waals surface area contributed by atoms with Crippen molar-refractivity contribution >= 4 is 22.4 Å². The summed E-state index contributed by atoms with van der Waals surface area (Å²) in [6.45, 7) is 3.03. The van der Waals surface area contributed by atoms with Crippen molar-refractivity contribution in [2.24, 2.45) is 5.73 Å². The van der Waals surface area contributed by atoms with Crippen LogP contribution < -0.4 is 15.2 Å². The number of hydrogen-bond acceptors (Lipinski definition) is 5. The van der Waals surface area contributed by atoms with Gasteiger partial charge in [-0.05, 0) is 36.4 Å². The summed E-state index contributed by atoms with van der Waals surface area (Å²) in [5, 5.41) is 2.13. The molecule has 2 rings (SSSR count). The molecule has 0 aliphatic carbocycles. The Morgan fingerprint density at radius 3 is 2.39 bits per heavy atom. The molecule has 0 aliphatic rings. The van der Waals surface area contributed by atoms with E-state index in [1.165, 1.54) is 19.3 Å². The first kappa shape index (κ1) is 22.8. The largest absolute Gasteiger partial charge is 0.491 e. The summed E-state index contributed by atoms with van der Waals surface area (Å²) >= 11 is 5.67. The molecule has 0 spiro atoms. The van der Waals surface area contributed by atoms with Crippen LogP contribution in [0.5, 0.6) is 11.5 Å². The molecule has 0 atom stereocenters. The van der Waals surface area contributed by atoms with Gasteiger partial charge in [-0.2, -0.15) is 0 Å². The Morgan fingerprint density at radius 2 is 1.54 bits per heavy atom. The van der Waals surface area contributed by atoms with Gasteiger partial charge in [-0.15, -0.1) is 11.6 Å². The summed E-state index contributed by atoms with van der Waals surface area (Å²) in [6, 6.07) is 12.0. The summed E-state index contributed by atoms with van der Waals surface area (Å²) in [7, 11) is 0. The Morgan fingerprint density at radius 1 is 0.750 bits per heavy atom. The van der Waals surface area contributed by atoms with Gasteiger partial charge in [0.2, 0.25) is 0 Å². The molecule has 2 aromatic rings. The molecule has 0 unspecified atom stereocenters. The van der Waals surface area contributed by atoms with Gasteiger partial charge >= 0.3 is 0 Å². The third-order valence-electron chi connectivity index (χ3n) is 4.34. The molecule has 28 heavy (non-hydrogen) atoms. The zero-order valence-corrected chi connectivity index (χ0v) is 17.3. The molecule has 5 nitrogen and oxygen atoms in total. The molecule has 0 fully saturated rings. The van der Waals surface area contributed by atoms with Gasteiger partial charge in [0.15, 0.2) is 0 Å². The van der Waals surface area contributed by atoms with Gasteiger partial charge in [0, 0.05) is 17.9 Å². The van der Waals surface area contributed by atoms with Gasteiger partial charge in [0.25, 0.3) is 0 Å². The zero-order valence-electron chi connectivity index (χ0n) is 16.5. The maximum atomic E-state index is 5.84. The summed E-state index contributed by atoms with van der Waals surface area (Å²) < 4.78 is 22.4. The molecule has 0 saturated heterocycles. The molecule has 0 bridgehead atoms. The Labute approximate surface area is 173 Å². The van der Waals surface area contributed by atoms with Gasteiger partial charge in [-0.25, -0.2) is 0 Å².